The second-order valence-corrected chi connectivity index (χ2v) is 8.82. The van der Waals surface area contributed by atoms with Crippen LogP contribution in [0.3, 0.4) is 0 Å². The highest BCUT2D eigenvalue weighted by Crippen LogP contribution is 2.27. The van der Waals surface area contributed by atoms with Crippen molar-refractivity contribution in [2.75, 3.05) is 11.8 Å². The average molecular weight is 395 g/mol. The van der Waals surface area contributed by atoms with Crippen molar-refractivity contribution in [1.82, 2.24) is 4.72 Å². The lowest BCUT2D eigenvalue weighted by Gasteiger charge is -2.10. The van der Waals surface area contributed by atoms with Crippen LogP contribution in [0.5, 0.6) is 0 Å². The van der Waals surface area contributed by atoms with E-state index in [9.17, 15) is 16.8 Å². The Morgan fingerprint density at radius 2 is 1.35 bits per heavy atom. The van der Waals surface area contributed by atoms with Crippen molar-refractivity contribution >= 4 is 48.9 Å². The molecule has 0 aliphatic rings. The Morgan fingerprint density at radius 3 is 1.83 bits per heavy atom. The number of benzene rings is 2. The molecule has 0 bridgehead atoms. The second kappa shape index (κ2) is 6.66. The Bertz CT molecular complexity index is 927. The lowest BCUT2D eigenvalue weighted by Crippen LogP contribution is -2.19. The Hall–Kier alpha value is -1.32. The summed E-state index contributed by atoms with van der Waals surface area (Å²) in [5.74, 6) is 0. The van der Waals surface area contributed by atoms with Crippen LogP contribution in [-0.4, -0.2) is 23.9 Å². The SMILES string of the molecule is CNS(=O)(=O)c1ccc(S(=O)(=O)Nc2ccc(Cl)cc2Cl)cc1. The largest absolute Gasteiger partial charge is 0.278 e. The first-order chi connectivity index (χ1) is 10.7. The van der Waals surface area contributed by atoms with Crippen molar-refractivity contribution in [3.05, 3.63) is 52.5 Å². The van der Waals surface area contributed by atoms with Crippen LogP contribution in [0.1, 0.15) is 0 Å². The first kappa shape index (κ1) is 18.0. The molecule has 2 N–H and O–H groups in total. The van der Waals surface area contributed by atoms with E-state index < -0.39 is 20.0 Å². The minimum Gasteiger partial charge on any atom is -0.278 e. The van der Waals surface area contributed by atoms with Gasteiger partial charge < -0.3 is 0 Å². The molecule has 124 valence electrons. The molecule has 0 atom stereocenters. The van der Waals surface area contributed by atoms with Crippen LogP contribution >= 0.6 is 23.2 Å². The number of sulfonamides is 2. The van der Waals surface area contributed by atoms with Crippen molar-refractivity contribution in [2.45, 2.75) is 9.79 Å². The lowest BCUT2D eigenvalue weighted by atomic mass is 10.3. The van der Waals surface area contributed by atoms with Crippen molar-refractivity contribution in [3.63, 3.8) is 0 Å². The normalized spacial score (nSPS) is 12.1. The third kappa shape index (κ3) is 4.15. The summed E-state index contributed by atoms with van der Waals surface area (Å²) in [7, 11) is -6.27. The smallest absolute Gasteiger partial charge is 0.261 e. The van der Waals surface area contributed by atoms with E-state index in [2.05, 4.69) is 9.44 Å². The number of nitrogens with one attached hydrogen (secondary N) is 2. The lowest BCUT2D eigenvalue weighted by molar-refractivity contribution is 0.587. The zero-order valence-corrected chi connectivity index (χ0v) is 14.9. The van der Waals surface area contributed by atoms with Gasteiger partial charge in [0.15, 0.2) is 0 Å². The number of halogens is 2. The zero-order chi connectivity index (χ0) is 17.3. The van der Waals surface area contributed by atoms with Gasteiger partial charge >= 0.3 is 0 Å². The molecule has 0 spiro atoms. The summed E-state index contributed by atoms with van der Waals surface area (Å²) >= 11 is 11.7. The third-order valence-electron chi connectivity index (χ3n) is 2.89. The maximum absolute atomic E-state index is 12.3. The number of rotatable bonds is 5. The second-order valence-electron chi connectivity index (χ2n) is 4.41. The minimum atomic E-state index is -3.91. The Labute approximate surface area is 144 Å². The monoisotopic (exact) mass is 394 g/mol. The maximum atomic E-state index is 12.3. The summed E-state index contributed by atoms with van der Waals surface area (Å²) in [5, 5.41) is 0.523. The molecule has 23 heavy (non-hydrogen) atoms. The van der Waals surface area contributed by atoms with Gasteiger partial charge in [-0.05, 0) is 49.5 Å². The van der Waals surface area contributed by atoms with Crippen molar-refractivity contribution in [3.8, 4) is 0 Å². The predicted molar refractivity (Wildman–Crippen MR) is 90.0 cm³/mol. The molecule has 0 radical (unpaired) electrons. The molecule has 10 heteroatoms. The van der Waals surface area contributed by atoms with E-state index in [1.54, 1.807) is 0 Å². The number of anilines is 1. The van der Waals surface area contributed by atoms with Crippen LogP contribution in [-0.2, 0) is 20.0 Å². The highest BCUT2D eigenvalue weighted by molar-refractivity contribution is 7.92. The fraction of sp³-hybridized carbons (Fsp3) is 0.0769. The maximum Gasteiger partial charge on any atom is 0.261 e. The first-order valence-corrected chi connectivity index (χ1v) is 9.89. The van der Waals surface area contributed by atoms with Crippen LogP contribution < -0.4 is 9.44 Å². The van der Waals surface area contributed by atoms with Crippen molar-refractivity contribution in [2.24, 2.45) is 0 Å². The standard InChI is InChI=1S/C13H12Cl2N2O4S2/c1-16-22(18,19)10-3-5-11(6-4-10)23(20,21)17-13-7-2-9(14)8-12(13)15/h2-8,16-17H,1H3. The van der Waals surface area contributed by atoms with Crippen LogP contribution in [0.2, 0.25) is 10.0 Å². The molecule has 0 heterocycles. The van der Waals surface area contributed by atoms with Gasteiger partial charge in [-0.3, -0.25) is 4.72 Å². The van der Waals surface area contributed by atoms with Gasteiger partial charge in [0.05, 0.1) is 20.5 Å². The van der Waals surface area contributed by atoms with Gasteiger partial charge in [-0.2, -0.15) is 0 Å². The van der Waals surface area contributed by atoms with Crippen LogP contribution in [0.15, 0.2) is 52.3 Å². The molecule has 0 aliphatic carbocycles. The van der Waals surface area contributed by atoms with E-state index in [0.717, 1.165) is 0 Å². The molecule has 0 aliphatic heterocycles. The molecular formula is C13H12Cl2N2O4S2. The Balaban J connectivity index is 2.33. The molecule has 6 nitrogen and oxygen atoms in total. The van der Waals surface area contributed by atoms with E-state index in [-0.39, 0.29) is 20.5 Å². The Morgan fingerprint density at radius 1 is 0.826 bits per heavy atom. The van der Waals surface area contributed by atoms with E-state index >= 15 is 0 Å². The van der Waals surface area contributed by atoms with Gasteiger partial charge in [0.25, 0.3) is 10.0 Å². The topological polar surface area (TPSA) is 92.3 Å². The van der Waals surface area contributed by atoms with Gasteiger partial charge in [0.2, 0.25) is 10.0 Å². The van der Waals surface area contributed by atoms with Crippen LogP contribution in [0.4, 0.5) is 5.69 Å². The first-order valence-electron chi connectivity index (χ1n) is 6.17. The van der Waals surface area contributed by atoms with Crippen LogP contribution in [0.25, 0.3) is 0 Å². The van der Waals surface area contributed by atoms with Crippen LogP contribution in [0, 0.1) is 0 Å². The number of hydrogen-bond donors (Lipinski definition) is 2. The zero-order valence-electron chi connectivity index (χ0n) is 11.7. The summed E-state index contributed by atoms with van der Waals surface area (Å²) in [6.45, 7) is 0. The van der Waals surface area contributed by atoms with Gasteiger partial charge in [-0.1, -0.05) is 23.2 Å². The quantitative estimate of drug-likeness (QED) is 0.814. The molecular weight excluding hydrogens is 383 g/mol. The molecule has 0 saturated carbocycles. The minimum absolute atomic E-state index is 0.0384. The average Bonchev–Trinajstić information content (AvgIpc) is 2.50. The highest BCUT2D eigenvalue weighted by Gasteiger charge is 2.18. The molecule has 0 fully saturated rings. The highest BCUT2D eigenvalue weighted by atomic mass is 35.5. The molecule has 2 aromatic carbocycles. The summed E-state index contributed by atoms with van der Waals surface area (Å²) < 4.78 is 52.3. The molecule has 0 unspecified atom stereocenters. The van der Waals surface area contributed by atoms with Gasteiger partial charge in [-0.25, -0.2) is 21.6 Å². The summed E-state index contributed by atoms with van der Waals surface area (Å²) in [6, 6.07) is 9.11. The van der Waals surface area contributed by atoms with Gasteiger partial charge in [0, 0.05) is 5.02 Å². The van der Waals surface area contributed by atoms with E-state index in [4.69, 9.17) is 23.2 Å². The summed E-state index contributed by atoms with van der Waals surface area (Å²) in [6.07, 6.45) is 0. The van der Waals surface area contributed by atoms with Gasteiger partial charge in [-0.15, -0.1) is 0 Å². The fourth-order valence-electron chi connectivity index (χ4n) is 1.69. The molecule has 0 aromatic heterocycles. The molecule has 0 saturated heterocycles. The van der Waals surface area contributed by atoms with Crippen molar-refractivity contribution in [1.29, 1.82) is 0 Å². The van der Waals surface area contributed by atoms with Crippen molar-refractivity contribution < 1.29 is 16.8 Å². The summed E-state index contributed by atoms with van der Waals surface area (Å²) in [5.41, 5.74) is 0.169. The van der Waals surface area contributed by atoms with E-state index in [1.165, 1.54) is 49.5 Å². The number of hydrogen-bond acceptors (Lipinski definition) is 4. The van der Waals surface area contributed by atoms with E-state index in [0.29, 0.717) is 5.02 Å². The molecule has 2 aromatic rings. The van der Waals surface area contributed by atoms with E-state index in [1.807, 2.05) is 0 Å². The third-order valence-corrected chi connectivity index (χ3v) is 6.25. The fourth-order valence-corrected chi connectivity index (χ4v) is 4.01. The molecule has 0 amide bonds. The van der Waals surface area contributed by atoms with Gasteiger partial charge in [0.1, 0.15) is 0 Å². The summed E-state index contributed by atoms with van der Waals surface area (Å²) in [4.78, 5) is -0.137. The Kier molecular flexibility index (Phi) is 5.22. The molecule has 2 rings (SSSR count). The predicted octanol–water partition coefficient (Wildman–Crippen LogP) is 2.70.